The van der Waals surface area contributed by atoms with Crippen LogP contribution in [0.25, 0.3) is 0 Å². The largest absolute Gasteiger partial charge is 0.496 e. The molecule has 1 aliphatic rings. The van der Waals surface area contributed by atoms with Gasteiger partial charge in [0.15, 0.2) is 0 Å². The van der Waals surface area contributed by atoms with Gasteiger partial charge in [0.2, 0.25) is 0 Å². The zero-order valence-electron chi connectivity index (χ0n) is 20.8. The van der Waals surface area contributed by atoms with Gasteiger partial charge in [-0.25, -0.2) is 0 Å². The first-order valence-electron chi connectivity index (χ1n) is 11.7. The van der Waals surface area contributed by atoms with Crippen molar-refractivity contribution in [3.8, 4) is 5.75 Å². The lowest BCUT2D eigenvalue weighted by atomic mass is 10.0. The van der Waals surface area contributed by atoms with Gasteiger partial charge < -0.3 is 23.5 Å². The molecule has 0 unspecified atom stereocenters. The van der Waals surface area contributed by atoms with Crippen molar-refractivity contribution in [3.63, 3.8) is 0 Å². The highest BCUT2D eigenvalue weighted by Crippen LogP contribution is 2.28. The Hall–Kier alpha value is -3.81. The van der Waals surface area contributed by atoms with E-state index < -0.39 is 0 Å². The fourth-order valence-electron chi connectivity index (χ4n) is 4.55. The second-order valence-electron chi connectivity index (χ2n) is 8.99. The first kappa shape index (κ1) is 24.3. The lowest BCUT2D eigenvalue weighted by Crippen LogP contribution is -2.34. The van der Waals surface area contributed by atoms with Gasteiger partial charge in [-0.05, 0) is 44.5 Å². The number of aryl methyl sites for hydroxylation is 2. The van der Waals surface area contributed by atoms with Crippen LogP contribution in [-0.2, 0) is 13.0 Å². The van der Waals surface area contributed by atoms with Gasteiger partial charge in [0.25, 0.3) is 17.4 Å². The van der Waals surface area contributed by atoms with Crippen molar-refractivity contribution in [2.75, 3.05) is 27.2 Å². The maximum absolute atomic E-state index is 13.7. The van der Waals surface area contributed by atoms with Gasteiger partial charge >= 0.3 is 0 Å². The molecule has 0 bridgehead atoms. The summed E-state index contributed by atoms with van der Waals surface area (Å²) in [6, 6.07) is 10.4. The summed E-state index contributed by atoms with van der Waals surface area (Å²) in [7, 11) is 3.15. The molecule has 2 amide bonds. The molecular weight excluding hydrogens is 446 g/mol. The fourth-order valence-corrected chi connectivity index (χ4v) is 4.55. The van der Waals surface area contributed by atoms with Crippen LogP contribution in [0.5, 0.6) is 5.75 Å². The summed E-state index contributed by atoms with van der Waals surface area (Å²) in [5.41, 5.74) is 3.24. The van der Waals surface area contributed by atoms with Gasteiger partial charge in [-0.2, -0.15) is 0 Å². The van der Waals surface area contributed by atoms with E-state index in [-0.39, 0.29) is 29.2 Å². The number of carbonyl (C=O) groups is 2. The number of carbonyl (C=O) groups excluding carboxylic acids is 2. The van der Waals surface area contributed by atoms with Crippen LogP contribution in [-0.4, -0.2) is 53.4 Å². The summed E-state index contributed by atoms with van der Waals surface area (Å²) in [4.78, 5) is 43.3. The Morgan fingerprint density at radius 3 is 2.57 bits per heavy atom. The minimum atomic E-state index is -0.317. The Kier molecular flexibility index (Phi) is 6.82. The molecule has 0 N–H and O–H groups in total. The van der Waals surface area contributed by atoms with Crippen molar-refractivity contribution in [1.29, 1.82) is 0 Å². The molecule has 1 aromatic carbocycles. The number of hydrogen-bond donors (Lipinski definition) is 0. The average Bonchev–Trinajstić information content (AvgIpc) is 3.30. The number of pyridine rings is 1. The summed E-state index contributed by atoms with van der Waals surface area (Å²) >= 11 is 0. The molecule has 0 saturated heterocycles. The monoisotopic (exact) mass is 477 g/mol. The molecule has 8 nitrogen and oxygen atoms in total. The molecule has 8 heteroatoms. The Balaban J connectivity index is 1.68. The topological polar surface area (TPSA) is 85.0 Å². The van der Waals surface area contributed by atoms with E-state index in [9.17, 15) is 14.4 Å². The number of hydrogen-bond acceptors (Lipinski definition) is 5. The van der Waals surface area contributed by atoms with Crippen molar-refractivity contribution in [3.05, 3.63) is 86.7 Å². The van der Waals surface area contributed by atoms with Crippen LogP contribution < -0.4 is 10.3 Å². The number of benzene rings is 1. The third kappa shape index (κ3) is 4.60. The molecule has 0 spiro atoms. The molecule has 184 valence electrons. The summed E-state index contributed by atoms with van der Waals surface area (Å²) < 4.78 is 12.6. The van der Waals surface area contributed by atoms with E-state index >= 15 is 0 Å². The van der Waals surface area contributed by atoms with Gasteiger partial charge in [-0.3, -0.25) is 14.4 Å². The van der Waals surface area contributed by atoms with Gasteiger partial charge in [-0.1, -0.05) is 17.7 Å². The third-order valence-electron chi connectivity index (χ3n) is 6.79. The van der Waals surface area contributed by atoms with E-state index in [4.69, 9.17) is 9.15 Å². The van der Waals surface area contributed by atoms with E-state index in [0.29, 0.717) is 48.6 Å². The van der Waals surface area contributed by atoms with E-state index in [1.54, 1.807) is 33.7 Å². The van der Waals surface area contributed by atoms with E-state index in [2.05, 4.69) is 0 Å². The number of rotatable bonds is 5. The normalized spacial score (nSPS) is 14.1. The van der Waals surface area contributed by atoms with E-state index in [0.717, 1.165) is 11.1 Å². The van der Waals surface area contributed by atoms with Crippen LogP contribution in [0.4, 0.5) is 0 Å². The van der Waals surface area contributed by atoms with Crippen LogP contribution in [0.2, 0.25) is 0 Å². The molecule has 0 saturated carbocycles. The third-order valence-corrected chi connectivity index (χ3v) is 6.79. The standard InChI is InChI=1S/C27H31N3O5/c1-17-8-9-18(2)20(15-17)26(32)29-11-10-21-25(23(34-5)16-24(31)30(21)13-12-29)27(33)28(4)19(3)22-7-6-14-35-22/h6-9,14-16,19H,10-13H2,1-5H3/t19-/m1/s1. The summed E-state index contributed by atoms with van der Waals surface area (Å²) in [6.45, 7) is 6.81. The molecule has 1 aliphatic heterocycles. The van der Waals surface area contributed by atoms with Crippen LogP contribution in [0, 0.1) is 13.8 Å². The molecule has 3 aromatic rings. The van der Waals surface area contributed by atoms with Crippen molar-refractivity contribution < 1.29 is 18.7 Å². The number of nitrogens with zero attached hydrogens (tertiary/aromatic N) is 3. The molecular formula is C27H31N3O5. The molecule has 4 rings (SSSR count). The summed E-state index contributed by atoms with van der Waals surface area (Å²) in [6.07, 6.45) is 1.92. The average molecular weight is 478 g/mol. The first-order chi connectivity index (χ1) is 16.7. The lowest BCUT2D eigenvalue weighted by molar-refractivity contribution is 0.0720. The number of ether oxygens (including phenoxy) is 1. The van der Waals surface area contributed by atoms with Gasteiger partial charge in [0.05, 0.1) is 19.4 Å². The van der Waals surface area contributed by atoms with Crippen LogP contribution in [0.3, 0.4) is 0 Å². The molecule has 35 heavy (non-hydrogen) atoms. The molecule has 1 atom stereocenters. The lowest BCUT2D eigenvalue weighted by Gasteiger charge is -2.26. The molecule has 0 aliphatic carbocycles. The highest BCUT2D eigenvalue weighted by Gasteiger charge is 2.30. The second kappa shape index (κ2) is 9.82. The SMILES string of the molecule is COc1cc(=O)n2c(c1C(=O)N(C)[C@H](C)c1ccco1)CCN(C(=O)c1cc(C)ccc1C)CC2. The van der Waals surface area contributed by atoms with E-state index in [1.165, 1.54) is 13.2 Å². The molecule has 0 radical (unpaired) electrons. The highest BCUT2D eigenvalue weighted by atomic mass is 16.5. The number of aromatic nitrogens is 1. The maximum Gasteiger partial charge on any atom is 0.259 e. The Bertz CT molecular complexity index is 1310. The number of amides is 2. The molecule has 3 heterocycles. The quantitative estimate of drug-likeness (QED) is 0.561. The Morgan fingerprint density at radius 2 is 1.89 bits per heavy atom. The van der Waals surface area contributed by atoms with Crippen LogP contribution >= 0.6 is 0 Å². The smallest absolute Gasteiger partial charge is 0.259 e. The highest BCUT2D eigenvalue weighted by molar-refractivity contribution is 5.98. The maximum atomic E-state index is 13.7. The van der Waals surface area contributed by atoms with Gasteiger partial charge in [0.1, 0.15) is 17.1 Å². The predicted molar refractivity (Wildman–Crippen MR) is 132 cm³/mol. The fraction of sp³-hybridized carbons (Fsp3) is 0.370. The predicted octanol–water partition coefficient (Wildman–Crippen LogP) is 3.60. The van der Waals surface area contributed by atoms with Gasteiger partial charge in [-0.15, -0.1) is 0 Å². The number of furan rings is 1. The van der Waals surface area contributed by atoms with Crippen molar-refractivity contribution in [2.24, 2.45) is 0 Å². The minimum absolute atomic E-state index is 0.0737. The molecule has 0 fully saturated rings. The Morgan fingerprint density at radius 1 is 1.11 bits per heavy atom. The zero-order chi connectivity index (χ0) is 25.3. The van der Waals surface area contributed by atoms with E-state index in [1.807, 2.05) is 45.0 Å². The summed E-state index contributed by atoms with van der Waals surface area (Å²) in [5, 5.41) is 0. The second-order valence-corrected chi connectivity index (χ2v) is 8.99. The Labute approximate surface area is 204 Å². The van der Waals surface area contributed by atoms with Crippen molar-refractivity contribution >= 4 is 11.8 Å². The number of fused-ring (bicyclic) bond motifs is 1. The number of methoxy groups -OCH3 is 1. The van der Waals surface area contributed by atoms with Crippen molar-refractivity contribution in [1.82, 2.24) is 14.4 Å². The zero-order valence-corrected chi connectivity index (χ0v) is 20.8. The first-order valence-corrected chi connectivity index (χ1v) is 11.7. The van der Waals surface area contributed by atoms with Crippen molar-refractivity contribution in [2.45, 2.75) is 39.8 Å². The molecule has 2 aromatic heterocycles. The minimum Gasteiger partial charge on any atom is -0.496 e. The van der Waals surface area contributed by atoms with Gasteiger partial charge in [0, 0.05) is 50.4 Å². The van der Waals surface area contributed by atoms with Crippen LogP contribution in [0.1, 0.15) is 56.3 Å². The van der Waals surface area contributed by atoms with Crippen LogP contribution in [0.15, 0.2) is 51.9 Å². The summed E-state index contributed by atoms with van der Waals surface area (Å²) in [5.74, 6) is 0.544.